The van der Waals surface area contributed by atoms with Gasteiger partial charge in [0.05, 0.1) is 11.6 Å². The molecule has 0 atom stereocenters. The second kappa shape index (κ2) is 9.02. The van der Waals surface area contributed by atoms with Crippen molar-refractivity contribution in [2.24, 2.45) is 4.99 Å². The zero-order chi connectivity index (χ0) is 13.6. The van der Waals surface area contributed by atoms with E-state index in [1.807, 2.05) is 24.9 Å². The summed E-state index contributed by atoms with van der Waals surface area (Å²) >= 11 is 3.55. The predicted octanol–water partition coefficient (Wildman–Crippen LogP) is 2.88. The Hall–Kier alpha value is -0.0200. The van der Waals surface area contributed by atoms with Crippen LogP contribution in [0, 0.1) is 6.92 Å². The number of thioether (sulfide) groups is 1. The molecule has 0 saturated carbocycles. The molecule has 0 fully saturated rings. The van der Waals surface area contributed by atoms with Crippen LogP contribution < -0.4 is 10.6 Å². The van der Waals surface area contributed by atoms with Crippen molar-refractivity contribution in [2.45, 2.75) is 32.1 Å². The van der Waals surface area contributed by atoms with Crippen molar-refractivity contribution in [3.8, 4) is 0 Å². The number of guanidine groups is 1. The molecule has 0 radical (unpaired) electrons. The molecule has 1 aromatic heterocycles. The Morgan fingerprint density at radius 1 is 1.47 bits per heavy atom. The highest BCUT2D eigenvalue weighted by molar-refractivity contribution is 14.0. The van der Waals surface area contributed by atoms with E-state index in [9.17, 15) is 0 Å². The van der Waals surface area contributed by atoms with E-state index in [-0.39, 0.29) is 28.7 Å². The average Bonchev–Trinajstić information content (AvgIpc) is 2.75. The van der Waals surface area contributed by atoms with Gasteiger partial charge in [-0.15, -0.1) is 35.3 Å². The van der Waals surface area contributed by atoms with Gasteiger partial charge in [0.25, 0.3) is 0 Å². The normalized spacial score (nSPS) is 11.9. The van der Waals surface area contributed by atoms with Gasteiger partial charge < -0.3 is 10.6 Å². The number of nitrogens with one attached hydrogen (secondary N) is 2. The molecular weight excluding hydrogens is 391 g/mol. The van der Waals surface area contributed by atoms with E-state index in [4.69, 9.17) is 0 Å². The van der Waals surface area contributed by atoms with Gasteiger partial charge in [0.1, 0.15) is 0 Å². The van der Waals surface area contributed by atoms with Gasteiger partial charge in [0, 0.05) is 29.4 Å². The van der Waals surface area contributed by atoms with E-state index >= 15 is 0 Å². The Morgan fingerprint density at radius 2 is 2.16 bits per heavy atom. The Kier molecular flexibility index (Phi) is 9.01. The van der Waals surface area contributed by atoms with Gasteiger partial charge in [0.15, 0.2) is 5.96 Å². The fraction of sp³-hybridized carbons (Fsp3) is 0.667. The van der Waals surface area contributed by atoms with E-state index in [1.54, 1.807) is 18.4 Å². The lowest BCUT2D eigenvalue weighted by atomic mass is 10.2. The van der Waals surface area contributed by atoms with Crippen LogP contribution in [-0.2, 0) is 6.54 Å². The van der Waals surface area contributed by atoms with Crippen molar-refractivity contribution in [1.29, 1.82) is 0 Å². The van der Waals surface area contributed by atoms with Crippen LogP contribution in [0.4, 0.5) is 0 Å². The smallest absolute Gasteiger partial charge is 0.191 e. The molecule has 1 aromatic rings. The summed E-state index contributed by atoms with van der Waals surface area (Å²) in [4.78, 5) is 9.67. The summed E-state index contributed by atoms with van der Waals surface area (Å²) in [5.74, 6) is 0.836. The van der Waals surface area contributed by atoms with Gasteiger partial charge in [-0.2, -0.15) is 11.8 Å². The molecule has 0 saturated heterocycles. The van der Waals surface area contributed by atoms with Crippen molar-refractivity contribution in [3.05, 3.63) is 16.1 Å². The summed E-state index contributed by atoms with van der Waals surface area (Å²) in [6.45, 7) is 8.09. The number of nitrogens with zero attached hydrogens (tertiary/aromatic N) is 2. The Balaban J connectivity index is 0.00000324. The monoisotopic (exact) mass is 414 g/mol. The second-order valence-corrected chi connectivity index (χ2v) is 7.42. The number of rotatable bonds is 5. The average molecular weight is 414 g/mol. The zero-order valence-electron chi connectivity index (χ0n) is 12.1. The van der Waals surface area contributed by atoms with E-state index in [0.29, 0.717) is 0 Å². The maximum atomic E-state index is 4.23. The number of hydrogen-bond acceptors (Lipinski definition) is 4. The summed E-state index contributed by atoms with van der Waals surface area (Å²) in [6, 6.07) is 0. The summed E-state index contributed by atoms with van der Waals surface area (Å²) in [7, 11) is 1.79. The summed E-state index contributed by atoms with van der Waals surface area (Å²) < 4.78 is 0.207. The van der Waals surface area contributed by atoms with Crippen LogP contribution in [0.1, 0.15) is 23.7 Å². The third-order valence-corrected chi connectivity index (χ3v) is 4.72. The third-order valence-electron chi connectivity index (χ3n) is 2.56. The molecule has 0 amide bonds. The Labute approximate surface area is 141 Å². The number of aromatic nitrogens is 1. The van der Waals surface area contributed by atoms with E-state index in [2.05, 4.69) is 40.7 Å². The highest BCUT2D eigenvalue weighted by atomic mass is 127. The number of hydrogen-bond donors (Lipinski definition) is 2. The Morgan fingerprint density at radius 3 is 2.63 bits per heavy atom. The first kappa shape index (κ1) is 19.0. The molecule has 0 spiro atoms. The highest BCUT2D eigenvalue weighted by Crippen LogP contribution is 2.19. The van der Waals surface area contributed by atoms with E-state index in [0.717, 1.165) is 24.1 Å². The molecule has 1 heterocycles. The minimum atomic E-state index is 0. The Bertz CT molecular complexity index is 404. The third kappa shape index (κ3) is 7.36. The number of halogens is 1. The number of aliphatic imine (C=N–C) groups is 1. The zero-order valence-corrected chi connectivity index (χ0v) is 16.1. The molecule has 19 heavy (non-hydrogen) atoms. The van der Waals surface area contributed by atoms with Crippen molar-refractivity contribution < 1.29 is 0 Å². The van der Waals surface area contributed by atoms with Crippen molar-refractivity contribution in [2.75, 3.05) is 19.8 Å². The molecule has 0 unspecified atom stereocenters. The molecule has 0 aliphatic heterocycles. The lowest BCUT2D eigenvalue weighted by Gasteiger charge is -2.23. The van der Waals surface area contributed by atoms with Gasteiger partial charge in [0.2, 0.25) is 0 Å². The minimum Gasteiger partial charge on any atom is -0.355 e. The highest BCUT2D eigenvalue weighted by Gasteiger charge is 2.16. The molecular formula is C12H23IN4S2. The maximum Gasteiger partial charge on any atom is 0.191 e. The largest absolute Gasteiger partial charge is 0.355 e. The quantitative estimate of drug-likeness (QED) is 0.442. The van der Waals surface area contributed by atoms with Gasteiger partial charge in [-0.05, 0) is 27.0 Å². The van der Waals surface area contributed by atoms with Crippen molar-refractivity contribution >= 4 is 53.0 Å². The van der Waals surface area contributed by atoms with Crippen LogP contribution >= 0.6 is 47.1 Å². The topological polar surface area (TPSA) is 49.3 Å². The predicted molar refractivity (Wildman–Crippen MR) is 98.1 cm³/mol. The van der Waals surface area contributed by atoms with E-state index < -0.39 is 0 Å². The first-order valence-electron chi connectivity index (χ1n) is 5.88. The van der Waals surface area contributed by atoms with Crippen LogP contribution in [0.25, 0.3) is 0 Å². The second-order valence-electron chi connectivity index (χ2n) is 4.59. The minimum absolute atomic E-state index is 0. The molecule has 0 aromatic carbocycles. The molecule has 4 nitrogen and oxygen atoms in total. The maximum absolute atomic E-state index is 4.23. The molecule has 0 bridgehead atoms. The lowest BCUT2D eigenvalue weighted by Crippen LogP contribution is -2.42. The molecule has 0 aliphatic carbocycles. The van der Waals surface area contributed by atoms with Gasteiger partial charge in [-0.3, -0.25) is 4.99 Å². The molecule has 0 aliphatic rings. The molecule has 1 rings (SSSR count). The van der Waals surface area contributed by atoms with Gasteiger partial charge in [-0.1, -0.05) is 0 Å². The number of aryl methyl sites for hydroxylation is 1. The lowest BCUT2D eigenvalue weighted by molar-refractivity contribution is 0.665. The molecule has 7 heteroatoms. The van der Waals surface area contributed by atoms with Gasteiger partial charge in [-0.25, -0.2) is 4.98 Å². The van der Waals surface area contributed by atoms with Crippen molar-refractivity contribution in [1.82, 2.24) is 15.6 Å². The fourth-order valence-electron chi connectivity index (χ4n) is 1.25. The fourth-order valence-corrected chi connectivity index (χ4v) is 2.20. The van der Waals surface area contributed by atoms with E-state index in [1.165, 1.54) is 4.88 Å². The summed E-state index contributed by atoms with van der Waals surface area (Å²) in [6.07, 6.45) is 4.03. The first-order valence-corrected chi connectivity index (χ1v) is 7.92. The standard InChI is InChI=1S/C12H22N4S2.HI/c1-9-14-6-10(18-9)7-15-11(13-4)16-8-12(2,3)17-5;/h6H,7-8H2,1-5H3,(H2,13,15,16);1H. The molecule has 110 valence electrons. The van der Waals surface area contributed by atoms with Crippen LogP contribution in [0.15, 0.2) is 11.2 Å². The number of thiazole rings is 1. The van der Waals surface area contributed by atoms with Crippen molar-refractivity contribution in [3.63, 3.8) is 0 Å². The summed E-state index contributed by atoms with van der Waals surface area (Å²) in [5.41, 5.74) is 0. The van der Waals surface area contributed by atoms with Crippen LogP contribution in [0.2, 0.25) is 0 Å². The van der Waals surface area contributed by atoms with Crippen LogP contribution in [-0.4, -0.2) is 35.5 Å². The van der Waals surface area contributed by atoms with Crippen LogP contribution in [0.5, 0.6) is 0 Å². The first-order chi connectivity index (χ1) is 8.46. The summed E-state index contributed by atoms with van der Waals surface area (Å²) in [5, 5.41) is 7.73. The van der Waals surface area contributed by atoms with Gasteiger partial charge >= 0.3 is 0 Å². The molecule has 2 N–H and O–H groups in total. The SMILES string of the molecule is CN=C(NCc1cnc(C)s1)NCC(C)(C)SC.I. The van der Waals surface area contributed by atoms with Crippen LogP contribution in [0.3, 0.4) is 0 Å².